The van der Waals surface area contributed by atoms with Gasteiger partial charge in [-0.25, -0.2) is 4.90 Å². The van der Waals surface area contributed by atoms with Gasteiger partial charge in [-0.3, -0.25) is 19.4 Å². The first-order valence-electron chi connectivity index (χ1n) is 8.41. The van der Waals surface area contributed by atoms with Gasteiger partial charge in [0, 0.05) is 10.0 Å². The van der Waals surface area contributed by atoms with Gasteiger partial charge in [0.2, 0.25) is 5.91 Å². The molecule has 11 heteroatoms. The first-order valence-corrected chi connectivity index (χ1v) is 9.54. The fraction of sp³-hybridized carbons (Fsp3) is 0.167. The molecule has 1 N–H and O–H groups in total. The molecule has 2 aromatic carbocycles. The molecule has 2 aliphatic heterocycles. The lowest BCUT2D eigenvalue weighted by Crippen LogP contribution is -2.43. The number of hydrogen-bond acceptors (Lipinski definition) is 6. The molecule has 2 aromatic rings. The third-order valence-electron chi connectivity index (χ3n) is 4.45. The molecule has 2 aliphatic rings. The van der Waals surface area contributed by atoms with Crippen molar-refractivity contribution in [2.45, 2.75) is 12.1 Å². The summed E-state index contributed by atoms with van der Waals surface area (Å²) in [5.41, 5.74) is 0.747. The highest BCUT2D eigenvalue weighted by Crippen LogP contribution is 2.32. The number of carbonyl (C=O) groups excluding carboxylic acids is 3. The first kappa shape index (κ1) is 19.6. The monoisotopic (exact) mass is 451 g/mol. The molecule has 0 saturated carbocycles. The van der Waals surface area contributed by atoms with Gasteiger partial charge in [0.15, 0.2) is 12.1 Å². The standard InChI is InChI=1S/C18H12Cl3N5O3/c19-9-1-4-11(5-2-9)26-17(28)15-16(18(26)29)25(24-23-15)8-14(27)22-13-6-3-10(20)7-12(13)21/h1-7,15-16H,8H2,(H,22,27)/t15-,16-/m1/s1. The summed E-state index contributed by atoms with van der Waals surface area (Å²) in [6.07, 6.45) is 0. The lowest BCUT2D eigenvalue weighted by atomic mass is 10.1. The predicted molar refractivity (Wildman–Crippen MR) is 108 cm³/mol. The van der Waals surface area contributed by atoms with Crippen LogP contribution in [-0.2, 0) is 14.4 Å². The fourth-order valence-corrected chi connectivity index (χ4v) is 3.71. The van der Waals surface area contributed by atoms with E-state index < -0.39 is 29.8 Å². The minimum absolute atomic E-state index is 0.271. The molecule has 2 atom stereocenters. The molecule has 4 rings (SSSR count). The van der Waals surface area contributed by atoms with Gasteiger partial charge >= 0.3 is 0 Å². The molecule has 0 spiro atoms. The van der Waals surface area contributed by atoms with Crippen LogP contribution in [0.15, 0.2) is 52.8 Å². The highest BCUT2D eigenvalue weighted by molar-refractivity contribution is 6.36. The Bertz CT molecular complexity index is 1040. The van der Waals surface area contributed by atoms with Crippen LogP contribution in [0.2, 0.25) is 15.1 Å². The van der Waals surface area contributed by atoms with Crippen LogP contribution < -0.4 is 10.2 Å². The summed E-state index contributed by atoms with van der Waals surface area (Å²) in [7, 11) is 0. The zero-order chi connectivity index (χ0) is 20.7. The van der Waals surface area contributed by atoms with E-state index in [0.717, 1.165) is 4.90 Å². The Hall–Kier alpha value is -2.68. The topological polar surface area (TPSA) is 94.4 Å². The second kappa shape index (κ2) is 7.62. The highest BCUT2D eigenvalue weighted by atomic mass is 35.5. The number of halogens is 3. The smallest absolute Gasteiger partial charge is 0.263 e. The van der Waals surface area contributed by atoms with Crippen molar-refractivity contribution in [1.29, 1.82) is 0 Å². The Morgan fingerprint density at radius 1 is 1.00 bits per heavy atom. The van der Waals surface area contributed by atoms with Crippen LogP contribution in [0.3, 0.4) is 0 Å². The minimum atomic E-state index is -0.995. The van der Waals surface area contributed by atoms with Crippen LogP contribution in [0.5, 0.6) is 0 Å². The molecule has 8 nitrogen and oxygen atoms in total. The Morgan fingerprint density at radius 3 is 2.38 bits per heavy atom. The van der Waals surface area contributed by atoms with Crippen molar-refractivity contribution in [3.8, 4) is 0 Å². The molecule has 148 valence electrons. The zero-order valence-corrected chi connectivity index (χ0v) is 16.8. The molecule has 0 aliphatic carbocycles. The van der Waals surface area contributed by atoms with E-state index in [4.69, 9.17) is 34.8 Å². The van der Waals surface area contributed by atoms with E-state index in [1.54, 1.807) is 36.4 Å². The molecular formula is C18H12Cl3N5O3. The van der Waals surface area contributed by atoms with Gasteiger partial charge in [0.05, 0.1) is 16.4 Å². The number of fused-ring (bicyclic) bond motifs is 1. The summed E-state index contributed by atoms with van der Waals surface area (Å²) in [5.74, 6) is -1.49. The Balaban J connectivity index is 1.49. The summed E-state index contributed by atoms with van der Waals surface area (Å²) >= 11 is 17.8. The van der Waals surface area contributed by atoms with Crippen LogP contribution >= 0.6 is 34.8 Å². The maximum absolute atomic E-state index is 12.9. The number of hydrogen-bond donors (Lipinski definition) is 1. The van der Waals surface area contributed by atoms with Crippen molar-refractivity contribution in [2.24, 2.45) is 10.3 Å². The van der Waals surface area contributed by atoms with E-state index >= 15 is 0 Å². The van der Waals surface area contributed by atoms with E-state index in [2.05, 4.69) is 15.7 Å². The number of nitrogens with one attached hydrogen (secondary N) is 1. The molecule has 2 heterocycles. The Morgan fingerprint density at radius 2 is 1.69 bits per heavy atom. The fourth-order valence-electron chi connectivity index (χ4n) is 3.13. The second-order valence-corrected chi connectivity index (χ2v) is 7.63. The van der Waals surface area contributed by atoms with Crippen molar-refractivity contribution in [1.82, 2.24) is 5.01 Å². The highest BCUT2D eigenvalue weighted by Gasteiger charge is 2.55. The normalized spacial score (nSPS) is 20.4. The lowest BCUT2D eigenvalue weighted by molar-refractivity contribution is -0.123. The first-order chi connectivity index (χ1) is 13.8. The molecule has 0 radical (unpaired) electrons. The molecule has 0 unspecified atom stereocenters. The van der Waals surface area contributed by atoms with Gasteiger partial charge in [-0.1, -0.05) is 40.0 Å². The van der Waals surface area contributed by atoms with E-state index in [-0.39, 0.29) is 11.6 Å². The molecule has 1 saturated heterocycles. The Labute approximate surface area is 180 Å². The maximum Gasteiger partial charge on any atom is 0.263 e. The largest absolute Gasteiger partial charge is 0.323 e. The third kappa shape index (κ3) is 3.66. The van der Waals surface area contributed by atoms with Crippen molar-refractivity contribution < 1.29 is 14.4 Å². The average molecular weight is 453 g/mol. The molecule has 29 heavy (non-hydrogen) atoms. The zero-order valence-electron chi connectivity index (χ0n) is 14.6. The van der Waals surface area contributed by atoms with Gasteiger partial charge in [-0.2, -0.15) is 5.11 Å². The quantitative estimate of drug-likeness (QED) is 0.717. The molecule has 3 amide bonds. The van der Waals surface area contributed by atoms with Gasteiger partial charge < -0.3 is 5.32 Å². The third-order valence-corrected chi connectivity index (χ3v) is 5.25. The summed E-state index contributed by atoms with van der Waals surface area (Å²) in [6, 6.07) is 8.94. The van der Waals surface area contributed by atoms with Crippen LogP contribution in [-0.4, -0.2) is 41.4 Å². The van der Waals surface area contributed by atoms with E-state index in [9.17, 15) is 14.4 Å². The number of rotatable bonds is 4. The predicted octanol–water partition coefficient (Wildman–Crippen LogP) is 3.58. The van der Waals surface area contributed by atoms with Gasteiger partial charge in [-0.05, 0) is 42.5 Å². The summed E-state index contributed by atoms with van der Waals surface area (Å²) in [4.78, 5) is 38.9. The molecule has 1 fully saturated rings. The van der Waals surface area contributed by atoms with Crippen molar-refractivity contribution >= 4 is 63.9 Å². The molecule has 0 bridgehead atoms. The number of anilines is 2. The second-order valence-electron chi connectivity index (χ2n) is 6.35. The van der Waals surface area contributed by atoms with E-state index in [0.29, 0.717) is 21.4 Å². The van der Waals surface area contributed by atoms with Crippen molar-refractivity contribution in [2.75, 3.05) is 16.8 Å². The SMILES string of the molecule is O=C(CN1N=N[C@H]2C(=O)N(c3ccc(Cl)cc3)C(=O)[C@@H]21)Nc1ccc(Cl)cc1Cl. The number of imide groups is 1. The van der Waals surface area contributed by atoms with Crippen LogP contribution in [0.4, 0.5) is 11.4 Å². The Kier molecular flexibility index (Phi) is 5.16. The number of nitrogens with zero attached hydrogens (tertiary/aromatic N) is 4. The average Bonchev–Trinajstić information content (AvgIpc) is 3.19. The summed E-state index contributed by atoms with van der Waals surface area (Å²) in [6.45, 7) is -0.281. The van der Waals surface area contributed by atoms with Crippen LogP contribution in [0.25, 0.3) is 0 Å². The number of benzene rings is 2. The van der Waals surface area contributed by atoms with Gasteiger partial charge in [0.25, 0.3) is 11.8 Å². The van der Waals surface area contributed by atoms with Gasteiger partial charge in [-0.15, -0.1) is 0 Å². The van der Waals surface area contributed by atoms with Gasteiger partial charge in [0.1, 0.15) is 6.54 Å². The summed E-state index contributed by atoms with van der Waals surface area (Å²) in [5, 5.41) is 12.7. The van der Waals surface area contributed by atoms with Crippen molar-refractivity contribution in [3.63, 3.8) is 0 Å². The minimum Gasteiger partial charge on any atom is -0.323 e. The number of amides is 3. The molecule has 0 aromatic heterocycles. The lowest BCUT2D eigenvalue weighted by Gasteiger charge is -2.20. The summed E-state index contributed by atoms with van der Waals surface area (Å²) < 4.78 is 0. The maximum atomic E-state index is 12.9. The molecular weight excluding hydrogens is 441 g/mol. The van der Waals surface area contributed by atoms with Crippen LogP contribution in [0, 0.1) is 0 Å². The number of carbonyl (C=O) groups is 3. The van der Waals surface area contributed by atoms with Crippen LogP contribution in [0.1, 0.15) is 0 Å². The van der Waals surface area contributed by atoms with Crippen molar-refractivity contribution in [3.05, 3.63) is 57.5 Å². The van der Waals surface area contributed by atoms with E-state index in [1.807, 2.05) is 0 Å². The van der Waals surface area contributed by atoms with E-state index in [1.165, 1.54) is 11.1 Å².